The van der Waals surface area contributed by atoms with Crippen molar-refractivity contribution >= 4 is 64.8 Å². The van der Waals surface area contributed by atoms with Crippen molar-refractivity contribution in [3.63, 3.8) is 0 Å². The van der Waals surface area contributed by atoms with Crippen molar-refractivity contribution < 1.29 is 9.90 Å². The second kappa shape index (κ2) is 6.88. The fourth-order valence-electron chi connectivity index (χ4n) is 1.38. The number of benzene rings is 1. The van der Waals surface area contributed by atoms with E-state index in [1.54, 1.807) is 12.1 Å². The first kappa shape index (κ1) is 17.9. The summed E-state index contributed by atoms with van der Waals surface area (Å²) in [6.07, 6.45) is 1.34. The van der Waals surface area contributed by atoms with Gasteiger partial charge in [0.2, 0.25) is 4.33 Å². The molecule has 0 aromatic heterocycles. The van der Waals surface area contributed by atoms with Crippen molar-refractivity contribution in [2.24, 2.45) is 0 Å². The molecular formula is C11H9Cl5O2. The predicted molar refractivity (Wildman–Crippen MR) is 78.7 cm³/mol. The van der Waals surface area contributed by atoms with Crippen molar-refractivity contribution in [2.75, 3.05) is 0 Å². The molecule has 0 fully saturated rings. The number of carbonyl (C=O) groups is 1. The van der Waals surface area contributed by atoms with Crippen molar-refractivity contribution in [3.05, 3.63) is 46.5 Å². The molecule has 0 saturated carbocycles. The molecule has 7 heteroatoms. The maximum absolute atomic E-state index is 11.0. The fraction of sp³-hybridized carbons (Fsp3) is 0.182. The number of carboxylic acid groups (broad SMARTS) is 1. The molecule has 1 rings (SSSR count). The average molecular weight is 350 g/mol. The Morgan fingerprint density at radius 1 is 1.28 bits per heavy atom. The first-order valence-electron chi connectivity index (χ1n) is 4.48. The van der Waals surface area contributed by atoms with Gasteiger partial charge in [-0.05, 0) is 23.8 Å². The molecule has 1 atom stereocenters. The number of allylic oxidation sites excluding steroid dienone is 1. The van der Waals surface area contributed by atoms with Crippen LogP contribution in [-0.4, -0.2) is 15.4 Å². The van der Waals surface area contributed by atoms with Gasteiger partial charge >= 0.3 is 5.97 Å². The Hall–Kier alpha value is -0.120. The van der Waals surface area contributed by atoms with Crippen molar-refractivity contribution in [3.8, 4) is 0 Å². The van der Waals surface area contributed by atoms with E-state index in [0.717, 1.165) is 0 Å². The molecule has 0 aliphatic carbocycles. The minimum absolute atomic E-state index is 0. The SMILES string of the molecule is C=CC(c1cc(Cl)cc(Cl)c1)C(Cl)(Cl)C(=O)O.Cl. The first-order chi connectivity index (χ1) is 7.78. The summed E-state index contributed by atoms with van der Waals surface area (Å²) in [6.45, 7) is 3.53. The van der Waals surface area contributed by atoms with Gasteiger partial charge < -0.3 is 5.11 Å². The lowest BCUT2D eigenvalue weighted by atomic mass is 9.95. The summed E-state index contributed by atoms with van der Waals surface area (Å²) < 4.78 is -2.02. The van der Waals surface area contributed by atoms with Gasteiger partial charge in [0.25, 0.3) is 0 Å². The van der Waals surface area contributed by atoms with Crippen LogP contribution in [-0.2, 0) is 4.79 Å². The molecule has 18 heavy (non-hydrogen) atoms. The van der Waals surface area contributed by atoms with Gasteiger partial charge in [-0.25, -0.2) is 4.79 Å². The summed E-state index contributed by atoms with van der Waals surface area (Å²) in [4.78, 5) is 11.0. The van der Waals surface area contributed by atoms with E-state index in [9.17, 15) is 4.79 Å². The van der Waals surface area contributed by atoms with Gasteiger partial charge in [0.05, 0.1) is 0 Å². The smallest absolute Gasteiger partial charge is 0.341 e. The first-order valence-corrected chi connectivity index (χ1v) is 6.00. The molecule has 1 N–H and O–H groups in total. The van der Waals surface area contributed by atoms with Crippen LogP contribution in [0.3, 0.4) is 0 Å². The molecule has 1 aromatic rings. The summed E-state index contributed by atoms with van der Waals surface area (Å²) in [7, 11) is 0. The minimum atomic E-state index is -2.02. The Balaban J connectivity index is 0.00000289. The molecule has 1 aromatic carbocycles. The molecule has 0 amide bonds. The third-order valence-corrected chi connectivity index (χ3v) is 3.39. The molecule has 0 spiro atoms. The third kappa shape index (κ3) is 3.94. The summed E-state index contributed by atoms with van der Waals surface area (Å²) in [5.74, 6) is -2.18. The molecule has 1 unspecified atom stereocenters. The van der Waals surface area contributed by atoms with Gasteiger partial charge in [0, 0.05) is 16.0 Å². The van der Waals surface area contributed by atoms with E-state index < -0.39 is 16.2 Å². The van der Waals surface area contributed by atoms with Gasteiger partial charge in [-0.3, -0.25) is 0 Å². The maximum Gasteiger partial charge on any atom is 0.341 e. The van der Waals surface area contributed by atoms with E-state index >= 15 is 0 Å². The zero-order chi connectivity index (χ0) is 13.2. The van der Waals surface area contributed by atoms with E-state index in [-0.39, 0.29) is 12.4 Å². The van der Waals surface area contributed by atoms with Gasteiger partial charge in [-0.1, -0.05) is 52.5 Å². The van der Waals surface area contributed by atoms with Crippen LogP contribution in [0, 0.1) is 0 Å². The monoisotopic (exact) mass is 348 g/mol. The maximum atomic E-state index is 11.0. The Morgan fingerprint density at radius 2 is 1.72 bits per heavy atom. The van der Waals surface area contributed by atoms with Crippen LogP contribution in [0.2, 0.25) is 10.0 Å². The minimum Gasteiger partial charge on any atom is -0.479 e. The van der Waals surface area contributed by atoms with Crippen LogP contribution < -0.4 is 0 Å². The zero-order valence-electron chi connectivity index (χ0n) is 8.87. The summed E-state index contributed by atoms with van der Waals surface area (Å²) in [6, 6.07) is 4.61. The van der Waals surface area contributed by atoms with Crippen molar-refractivity contribution in [1.82, 2.24) is 0 Å². The van der Waals surface area contributed by atoms with Crippen LogP contribution in [0.25, 0.3) is 0 Å². The topological polar surface area (TPSA) is 37.3 Å². The van der Waals surface area contributed by atoms with Crippen LogP contribution in [0.15, 0.2) is 30.9 Å². The Morgan fingerprint density at radius 3 is 2.06 bits per heavy atom. The summed E-state index contributed by atoms with van der Waals surface area (Å²) in [5.41, 5.74) is 0.491. The van der Waals surface area contributed by atoms with E-state index in [1.165, 1.54) is 12.1 Å². The molecule has 100 valence electrons. The summed E-state index contributed by atoms with van der Waals surface area (Å²) in [5, 5.41) is 9.70. The van der Waals surface area contributed by atoms with Gasteiger partial charge in [0.15, 0.2) is 0 Å². The number of hydrogen-bond donors (Lipinski definition) is 1. The highest BCUT2D eigenvalue weighted by Gasteiger charge is 2.42. The number of hydrogen-bond acceptors (Lipinski definition) is 1. The molecule has 2 nitrogen and oxygen atoms in total. The predicted octanol–water partition coefficient (Wildman–Crippen LogP) is 4.94. The third-order valence-electron chi connectivity index (χ3n) is 2.16. The second-order valence-corrected chi connectivity index (χ2v) is 5.60. The van der Waals surface area contributed by atoms with E-state index in [4.69, 9.17) is 51.5 Å². The Labute approximate surface area is 131 Å². The lowest BCUT2D eigenvalue weighted by Crippen LogP contribution is -2.32. The van der Waals surface area contributed by atoms with Crippen LogP contribution in [0.4, 0.5) is 0 Å². The Bertz CT molecular complexity index is 438. The van der Waals surface area contributed by atoms with Crippen molar-refractivity contribution in [2.45, 2.75) is 10.3 Å². The van der Waals surface area contributed by atoms with Crippen molar-refractivity contribution in [1.29, 1.82) is 0 Å². The molecule has 0 radical (unpaired) electrons. The molecule has 0 saturated heterocycles. The largest absolute Gasteiger partial charge is 0.479 e. The number of halogens is 5. The van der Waals surface area contributed by atoms with Crippen LogP contribution >= 0.6 is 58.8 Å². The molecule has 0 heterocycles. The second-order valence-electron chi connectivity index (χ2n) is 3.34. The van der Waals surface area contributed by atoms with Gasteiger partial charge in [-0.2, -0.15) is 0 Å². The van der Waals surface area contributed by atoms with Crippen LogP contribution in [0.5, 0.6) is 0 Å². The number of alkyl halides is 2. The van der Waals surface area contributed by atoms with Gasteiger partial charge in [0.1, 0.15) is 0 Å². The number of aliphatic carboxylic acids is 1. The number of rotatable bonds is 4. The highest BCUT2D eigenvalue weighted by atomic mass is 35.5. The van der Waals surface area contributed by atoms with E-state index in [1.807, 2.05) is 0 Å². The lowest BCUT2D eigenvalue weighted by Gasteiger charge is -2.23. The lowest BCUT2D eigenvalue weighted by molar-refractivity contribution is -0.138. The molecule has 0 aliphatic rings. The highest BCUT2D eigenvalue weighted by Crippen LogP contribution is 2.40. The number of carboxylic acids is 1. The fourth-order valence-corrected chi connectivity index (χ4v) is 2.35. The zero-order valence-corrected chi connectivity index (χ0v) is 12.7. The quantitative estimate of drug-likeness (QED) is 0.617. The molecule has 0 bridgehead atoms. The summed E-state index contributed by atoms with van der Waals surface area (Å²) >= 11 is 23.2. The van der Waals surface area contributed by atoms with E-state index in [2.05, 4.69) is 6.58 Å². The van der Waals surface area contributed by atoms with Gasteiger partial charge in [-0.15, -0.1) is 19.0 Å². The normalized spacial score (nSPS) is 12.4. The van der Waals surface area contributed by atoms with E-state index in [0.29, 0.717) is 15.6 Å². The average Bonchev–Trinajstić information content (AvgIpc) is 2.16. The highest BCUT2D eigenvalue weighted by molar-refractivity contribution is 6.58. The van der Waals surface area contributed by atoms with Crippen LogP contribution in [0.1, 0.15) is 11.5 Å². The molecular weight excluding hydrogens is 341 g/mol. The standard InChI is InChI=1S/C11H8Cl4O2.ClH/c1-2-9(11(14,15)10(16)17)6-3-7(12)5-8(13)4-6;/h2-5,9H,1H2,(H,16,17);1H. The molecule has 0 aliphatic heterocycles. The Kier molecular flexibility index (Phi) is 6.83.